The molecule has 0 aliphatic heterocycles. The van der Waals surface area contributed by atoms with Crippen LogP contribution in [0.25, 0.3) is 22.4 Å². The van der Waals surface area contributed by atoms with Crippen molar-refractivity contribution in [1.82, 2.24) is 4.98 Å². The van der Waals surface area contributed by atoms with E-state index in [2.05, 4.69) is 30.1 Å². The number of hydrogen-bond donors (Lipinski definition) is 1. The molecule has 132 valence electrons. The Morgan fingerprint density at radius 2 is 1.44 bits per heavy atom. The van der Waals surface area contributed by atoms with Crippen LogP contribution in [0.1, 0.15) is 5.56 Å². The SMILES string of the molecule is Cc1cc(-c2cccc(Oc3cccc(N)c3)c2)ncc1-c1ccccc1. The number of anilines is 1. The van der Waals surface area contributed by atoms with Crippen LogP contribution in [0.3, 0.4) is 0 Å². The van der Waals surface area contributed by atoms with Gasteiger partial charge in [-0.05, 0) is 48.4 Å². The van der Waals surface area contributed by atoms with E-state index in [1.165, 1.54) is 11.1 Å². The second-order valence-corrected chi connectivity index (χ2v) is 6.45. The largest absolute Gasteiger partial charge is 0.457 e. The molecule has 0 aliphatic carbocycles. The van der Waals surface area contributed by atoms with Crippen LogP contribution in [-0.4, -0.2) is 4.98 Å². The molecule has 1 heterocycles. The van der Waals surface area contributed by atoms with Crippen LogP contribution in [0, 0.1) is 6.92 Å². The number of rotatable bonds is 4. The maximum atomic E-state index is 5.94. The van der Waals surface area contributed by atoms with E-state index in [4.69, 9.17) is 10.5 Å². The van der Waals surface area contributed by atoms with Gasteiger partial charge in [-0.2, -0.15) is 0 Å². The molecule has 0 radical (unpaired) electrons. The first-order chi connectivity index (χ1) is 13.2. The molecule has 0 spiro atoms. The maximum Gasteiger partial charge on any atom is 0.129 e. The van der Waals surface area contributed by atoms with Crippen LogP contribution >= 0.6 is 0 Å². The van der Waals surface area contributed by atoms with Crippen LogP contribution in [0.4, 0.5) is 5.69 Å². The Labute approximate surface area is 159 Å². The summed E-state index contributed by atoms with van der Waals surface area (Å²) in [5, 5.41) is 0. The number of hydrogen-bond acceptors (Lipinski definition) is 3. The molecule has 0 saturated carbocycles. The lowest BCUT2D eigenvalue weighted by Crippen LogP contribution is -1.91. The van der Waals surface area contributed by atoms with Gasteiger partial charge in [-0.3, -0.25) is 4.98 Å². The first-order valence-corrected chi connectivity index (χ1v) is 8.85. The summed E-state index contributed by atoms with van der Waals surface area (Å²) < 4.78 is 5.94. The Morgan fingerprint density at radius 3 is 2.19 bits per heavy atom. The first-order valence-electron chi connectivity index (χ1n) is 8.85. The molecule has 2 N–H and O–H groups in total. The van der Waals surface area contributed by atoms with E-state index in [9.17, 15) is 0 Å². The fraction of sp³-hybridized carbons (Fsp3) is 0.0417. The minimum atomic E-state index is 0.678. The van der Waals surface area contributed by atoms with E-state index in [1.54, 1.807) is 0 Å². The van der Waals surface area contributed by atoms with Crippen molar-refractivity contribution in [2.45, 2.75) is 6.92 Å². The lowest BCUT2D eigenvalue weighted by Gasteiger charge is -2.10. The molecule has 1 aromatic heterocycles. The van der Waals surface area contributed by atoms with Gasteiger partial charge in [0.2, 0.25) is 0 Å². The lowest BCUT2D eigenvalue weighted by atomic mass is 10.0. The molecule has 27 heavy (non-hydrogen) atoms. The van der Waals surface area contributed by atoms with Crippen molar-refractivity contribution in [3.05, 3.63) is 96.7 Å². The van der Waals surface area contributed by atoms with Crippen LogP contribution < -0.4 is 10.5 Å². The fourth-order valence-corrected chi connectivity index (χ4v) is 3.07. The third-order valence-electron chi connectivity index (χ3n) is 4.42. The molecule has 0 bridgehead atoms. The molecule has 4 aromatic rings. The second-order valence-electron chi connectivity index (χ2n) is 6.45. The van der Waals surface area contributed by atoms with Crippen molar-refractivity contribution >= 4 is 5.69 Å². The molecular formula is C24H20N2O. The van der Waals surface area contributed by atoms with Crippen LogP contribution in [0.2, 0.25) is 0 Å². The van der Waals surface area contributed by atoms with Gasteiger partial charge in [-0.15, -0.1) is 0 Å². The number of aryl methyl sites for hydroxylation is 1. The van der Waals surface area contributed by atoms with Crippen molar-refractivity contribution in [2.75, 3.05) is 5.73 Å². The number of nitrogens with two attached hydrogens (primary N) is 1. The number of nitrogens with zero attached hydrogens (tertiary/aromatic N) is 1. The van der Waals surface area contributed by atoms with E-state index < -0.39 is 0 Å². The Morgan fingerprint density at radius 1 is 0.741 bits per heavy atom. The van der Waals surface area contributed by atoms with Crippen LogP contribution in [0.15, 0.2) is 91.1 Å². The van der Waals surface area contributed by atoms with Crippen molar-refractivity contribution in [2.24, 2.45) is 0 Å². The third-order valence-corrected chi connectivity index (χ3v) is 4.42. The molecule has 0 amide bonds. The van der Waals surface area contributed by atoms with E-state index in [0.29, 0.717) is 5.69 Å². The highest BCUT2D eigenvalue weighted by atomic mass is 16.5. The van der Waals surface area contributed by atoms with Crippen molar-refractivity contribution in [3.63, 3.8) is 0 Å². The summed E-state index contributed by atoms with van der Waals surface area (Å²) in [6.45, 7) is 2.11. The summed E-state index contributed by atoms with van der Waals surface area (Å²) in [4.78, 5) is 4.67. The van der Waals surface area contributed by atoms with Crippen molar-refractivity contribution in [3.8, 4) is 33.9 Å². The number of ether oxygens (including phenoxy) is 1. The summed E-state index contributed by atoms with van der Waals surface area (Å²) in [6, 6.07) is 27.8. The molecule has 0 saturated heterocycles. The molecule has 0 atom stereocenters. The van der Waals surface area contributed by atoms with Crippen LogP contribution in [-0.2, 0) is 0 Å². The minimum Gasteiger partial charge on any atom is -0.457 e. The smallest absolute Gasteiger partial charge is 0.129 e. The zero-order valence-corrected chi connectivity index (χ0v) is 15.1. The van der Waals surface area contributed by atoms with E-state index in [1.807, 2.05) is 72.9 Å². The Hall–Kier alpha value is -3.59. The van der Waals surface area contributed by atoms with Gasteiger partial charge < -0.3 is 10.5 Å². The fourth-order valence-electron chi connectivity index (χ4n) is 3.07. The molecule has 3 aromatic carbocycles. The van der Waals surface area contributed by atoms with Crippen LogP contribution in [0.5, 0.6) is 11.5 Å². The molecule has 0 fully saturated rings. The summed E-state index contributed by atoms with van der Waals surface area (Å²) >= 11 is 0. The first kappa shape index (κ1) is 16.9. The summed E-state index contributed by atoms with van der Waals surface area (Å²) in [7, 11) is 0. The highest BCUT2D eigenvalue weighted by Gasteiger charge is 2.07. The minimum absolute atomic E-state index is 0.678. The molecular weight excluding hydrogens is 332 g/mol. The molecule has 0 aliphatic rings. The monoisotopic (exact) mass is 352 g/mol. The molecule has 4 rings (SSSR count). The summed E-state index contributed by atoms with van der Waals surface area (Å²) in [5.41, 5.74) is 11.9. The average Bonchev–Trinajstić information content (AvgIpc) is 2.69. The number of pyridine rings is 1. The highest BCUT2D eigenvalue weighted by molar-refractivity contribution is 5.70. The third kappa shape index (κ3) is 3.82. The molecule has 3 heteroatoms. The second kappa shape index (κ2) is 7.34. The Bertz CT molecular complexity index is 1070. The number of nitrogen functional groups attached to an aromatic ring is 1. The van der Waals surface area contributed by atoms with Crippen molar-refractivity contribution < 1.29 is 4.74 Å². The molecule has 0 unspecified atom stereocenters. The maximum absolute atomic E-state index is 5.94. The van der Waals surface area contributed by atoms with E-state index in [-0.39, 0.29) is 0 Å². The van der Waals surface area contributed by atoms with Gasteiger partial charge in [0.1, 0.15) is 11.5 Å². The van der Waals surface area contributed by atoms with Gasteiger partial charge in [-0.1, -0.05) is 48.5 Å². The van der Waals surface area contributed by atoms with E-state index in [0.717, 1.165) is 28.3 Å². The summed E-state index contributed by atoms with van der Waals surface area (Å²) in [6.07, 6.45) is 1.94. The molecule has 3 nitrogen and oxygen atoms in total. The highest BCUT2D eigenvalue weighted by Crippen LogP contribution is 2.30. The Kier molecular flexibility index (Phi) is 4.58. The number of aromatic nitrogens is 1. The zero-order chi connectivity index (χ0) is 18.6. The summed E-state index contributed by atoms with van der Waals surface area (Å²) in [5.74, 6) is 1.47. The normalized spacial score (nSPS) is 10.6. The lowest BCUT2D eigenvalue weighted by molar-refractivity contribution is 0.483. The van der Waals surface area contributed by atoms with Gasteiger partial charge in [-0.25, -0.2) is 0 Å². The topological polar surface area (TPSA) is 48.1 Å². The van der Waals surface area contributed by atoms with Gasteiger partial charge >= 0.3 is 0 Å². The number of benzene rings is 3. The van der Waals surface area contributed by atoms with Gasteiger partial charge in [0, 0.05) is 29.1 Å². The zero-order valence-electron chi connectivity index (χ0n) is 15.1. The standard InChI is InChI=1S/C24H20N2O/c1-17-13-24(26-16-23(17)18-7-3-2-4-8-18)19-9-5-11-21(14-19)27-22-12-6-10-20(25)15-22/h2-16H,25H2,1H3. The predicted molar refractivity (Wildman–Crippen MR) is 111 cm³/mol. The average molecular weight is 352 g/mol. The quantitative estimate of drug-likeness (QED) is 0.452. The van der Waals surface area contributed by atoms with Gasteiger partial charge in [0.15, 0.2) is 0 Å². The Balaban J connectivity index is 1.63. The predicted octanol–water partition coefficient (Wildman–Crippen LogP) is 6.10. The van der Waals surface area contributed by atoms with E-state index >= 15 is 0 Å². The van der Waals surface area contributed by atoms with Gasteiger partial charge in [0.05, 0.1) is 5.69 Å². The van der Waals surface area contributed by atoms with Gasteiger partial charge in [0.25, 0.3) is 0 Å². The van der Waals surface area contributed by atoms with Crippen molar-refractivity contribution in [1.29, 1.82) is 0 Å².